The lowest BCUT2D eigenvalue weighted by Crippen LogP contribution is -2.41. The molecule has 0 aromatic heterocycles. The SMILES string of the molecule is C[C@H](N)C(=O)Oc1ccc(Cc2ccc(F)cc2)cc1C(=O)[C@@H]1CCCN1S(=O)(=O)c1cc(Cl)cc(Cl)c1. The van der Waals surface area contributed by atoms with Gasteiger partial charge in [-0.25, -0.2) is 17.6 Å². The van der Waals surface area contributed by atoms with Crippen LogP contribution in [0.3, 0.4) is 0 Å². The molecule has 0 radical (unpaired) electrons. The van der Waals surface area contributed by atoms with Gasteiger partial charge in [0.15, 0.2) is 5.78 Å². The maximum Gasteiger partial charge on any atom is 0.328 e. The smallest absolute Gasteiger partial charge is 0.328 e. The molecule has 0 bridgehead atoms. The number of hydrogen-bond donors (Lipinski definition) is 1. The van der Waals surface area contributed by atoms with Crippen molar-refractivity contribution < 1.29 is 27.1 Å². The van der Waals surface area contributed by atoms with Crippen molar-refractivity contribution in [3.63, 3.8) is 0 Å². The Kier molecular flexibility index (Phi) is 8.54. The van der Waals surface area contributed by atoms with Gasteiger partial charge in [0.1, 0.15) is 17.6 Å². The van der Waals surface area contributed by atoms with Gasteiger partial charge in [0.05, 0.1) is 16.5 Å². The van der Waals surface area contributed by atoms with E-state index in [2.05, 4.69) is 0 Å². The second kappa shape index (κ2) is 11.5. The van der Waals surface area contributed by atoms with E-state index in [0.717, 1.165) is 9.87 Å². The number of carbonyl (C=O) groups excluding carboxylic acids is 2. The van der Waals surface area contributed by atoms with Crippen LogP contribution < -0.4 is 10.5 Å². The topological polar surface area (TPSA) is 107 Å². The Morgan fingerprint density at radius 2 is 1.68 bits per heavy atom. The van der Waals surface area contributed by atoms with Gasteiger partial charge in [-0.1, -0.05) is 41.4 Å². The molecule has 200 valence electrons. The van der Waals surface area contributed by atoms with Gasteiger partial charge < -0.3 is 10.5 Å². The highest BCUT2D eigenvalue weighted by molar-refractivity contribution is 7.89. The average molecular weight is 579 g/mol. The second-order valence-corrected chi connectivity index (χ2v) is 11.9. The van der Waals surface area contributed by atoms with Crippen LogP contribution in [0.25, 0.3) is 0 Å². The third-order valence-electron chi connectivity index (χ3n) is 6.16. The molecule has 1 aliphatic rings. The highest BCUT2D eigenvalue weighted by Crippen LogP contribution is 2.33. The molecule has 2 N–H and O–H groups in total. The van der Waals surface area contributed by atoms with Crippen molar-refractivity contribution in [3.05, 3.63) is 93.2 Å². The minimum absolute atomic E-state index is 0.0183. The van der Waals surface area contributed by atoms with E-state index in [-0.39, 0.29) is 45.0 Å². The minimum atomic E-state index is -4.12. The van der Waals surface area contributed by atoms with Crippen molar-refractivity contribution in [2.45, 2.75) is 43.2 Å². The molecule has 1 fully saturated rings. The van der Waals surface area contributed by atoms with Gasteiger partial charge in [-0.05, 0) is 79.8 Å². The Hall–Kier alpha value is -2.82. The van der Waals surface area contributed by atoms with Crippen molar-refractivity contribution >= 4 is 45.0 Å². The number of carbonyl (C=O) groups is 2. The quantitative estimate of drug-likeness (QED) is 0.229. The Bertz CT molecular complexity index is 1460. The summed E-state index contributed by atoms with van der Waals surface area (Å²) in [5.74, 6) is -1.65. The van der Waals surface area contributed by atoms with Gasteiger partial charge in [0.2, 0.25) is 10.0 Å². The van der Waals surface area contributed by atoms with Gasteiger partial charge in [0.25, 0.3) is 0 Å². The molecule has 0 unspecified atom stereocenters. The summed E-state index contributed by atoms with van der Waals surface area (Å²) >= 11 is 12.1. The molecule has 2 atom stereocenters. The lowest BCUT2D eigenvalue weighted by molar-refractivity contribution is -0.135. The third-order valence-corrected chi connectivity index (χ3v) is 8.48. The number of ether oxygens (including phenoxy) is 1. The highest BCUT2D eigenvalue weighted by Gasteiger charge is 2.41. The Labute approximate surface area is 230 Å². The van der Waals surface area contributed by atoms with E-state index < -0.39 is 33.9 Å². The number of nitrogens with two attached hydrogens (primary N) is 1. The number of sulfonamides is 1. The average Bonchev–Trinajstić information content (AvgIpc) is 3.36. The zero-order valence-electron chi connectivity index (χ0n) is 20.4. The predicted molar refractivity (Wildman–Crippen MR) is 143 cm³/mol. The van der Waals surface area contributed by atoms with Crippen LogP contribution in [0.4, 0.5) is 4.39 Å². The fraction of sp³-hybridized carbons (Fsp3) is 0.259. The normalized spacial score (nSPS) is 16.8. The molecule has 38 heavy (non-hydrogen) atoms. The summed E-state index contributed by atoms with van der Waals surface area (Å²) in [5, 5.41) is 0.300. The molecule has 3 aromatic carbocycles. The molecule has 0 saturated carbocycles. The van der Waals surface area contributed by atoms with Gasteiger partial charge in [-0.15, -0.1) is 0 Å². The molecule has 3 aromatic rings. The van der Waals surface area contributed by atoms with Crippen molar-refractivity contribution in [1.29, 1.82) is 0 Å². The lowest BCUT2D eigenvalue weighted by Gasteiger charge is -2.24. The number of esters is 1. The fourth-order valence-corrected chi connectivity index (χ4v) is 6.67. The number of ketones is 1. The predicted octanol–water partition coefficient (Wildman–Crippen LogP) is 5.01. The summed E-state index contributed by atoms with van der Waals surface area (Å²) in [5.41, 5.74) is 7.18. The molecule has 4 rings (SSSR count). The number of halogens is 3. The molecule has 0 amide bonds. The number of benzene rings is 3. The van der Waals surface area contributed by atoms with E-state index in [4.69, 9.17) is 33.7 Å². The lowest BCUT2D eigenvalue weighted by atomic mass is 9.97. The largest absolute Gasteiger partial charge is 0.425 e. The van der Waals surface area contributed by atoms with Crippen LogP contribution in [0.15, 0.2) is 65.6 Å². The molecule has 1 saturated heterocycles. The van der Waals surface area contributed by atoms with Crippen LogP contribution in [0.1, 0.15) is 41.3 Å². The summed E-state index contributed by atoms with van der Waals surface area (Å²) in [4.78, 5) is 26.0. The van der Waals surface area contributed by atoms with E-state index in [1.54, 1.807) is 24.3 Å². The standard InChI is InChI=1S/C27H25Cl2FN2O5S/c1-16(31)27(34)37-25-9-6-18(11-17-4-7-21(30)8-5-17)12-23(25)26(33)24-3-2-10-32(24)38(35,36)22-14-19(28)13-20(29)15-22/h4-9,12-16,24H,2-3,10-11,31H2,1H3/t16-,24-/m0/s1. The number of nitrogens with zero attached hydrogens (tertiary/aromatic N) is 1. The molecule has 11 heteroatoms. The third kappa shape index (κ3) is 6.24. The van der Waals surface area contributed by atoms with E-state index >= 15 is 0 Å². The molecular formula is C27H25Cl2FN2O5S. The molecular weight excluding hydrogens is 554 g/mol. The number of rotatable bonds is 8. The van der Waals surface area contributed by atoms with Crippen LogP contribution in [0.2, 0.25) is 10.0 Å². The van der Waals surface area contributed by atoms with E-state index in [1.165, 1.54) is 43.3 Å². The summed E-state index contributed by atoms with van der Waals surface area (Å²) in [6.07, 6.45) is 1.10. The molecule has 1 aliphatic heterocycles. The highest BCUT2D eigenvalue weighted by atomic mass is 35.5. The van der Waals surface area contributed by atoms with Crippen LogP contribution in [0, 0.1) is 5.82 Å². The zero-order chi connectivity index (χ0) is 27.6. The second-order valence-electron chi connectivity index (χ2n) is 9.09. The zero-order valence-corrected chi connectivity index (χ0v) is 22.7. The van der Waals surface area contributed by atoms with Gasteiger partial charge in [-0.2, -0.15) is 4.31 Å². The van der Waals surface area contributed by atoms with Crippen LogP contribution >= 0.6 is 23.2 Å². The first kappa shape index (κ1) is 28.2. The first-order valence-electron chi connectivity index (χ1n) is 11.8. The maximum atomic E-state index is 13.9. The number of Topliss-reactive ketones (excluding diaryl/α,β-unsaturated/α-hetero) is 1. The van der Waals surface area contributed by atoms with Crippen LogP contribution in [-0.2, 0) is 21.2 Å². The fourth-order valence-electron chi connectivity index (χ4n) is 4.29. The van der Waals surface area contributed by atoms with Crippen LogP contribution in [0.5, 0.6) is 5.75 Å². The molecule has 0 aliphatic carbocycles. The van der Waals surface area contributed by atoms with Gasteiger partial charge in [0, 0.05) is 16.6 Å². The summed E-state index contributed by atoms with van der Waals surface area (Å²) in [6, 6.07) is 12.7. The van der Waals surface area contributed by atoms with Crippen LogP contribution in [-0.4, -0.2) is 43.1 Å². The van der Waals surface area contributed by atoms with E-state index in [9.17, 15) is 22.4 Å². The molecule has 0 spiro atoms. The Balaban J connectivity index is 1.71. The Morgan fingerprint density at radius 1 is 1.05 bits per heavy atom. The first-order valence-corrected chi connectivity index (χ1v) is 14.0. The van der Waals surface area contributed by atoms with Gasteiger partial charge in [-0.3, -0.25) is 4.79 Å². The first-order chi connectivity index (χ1) is 18.0. The molecule has 7 nitrogen and oxygen atoms in total. The van der Waals surface area contributed by atoms with E-state index in [0.29, 0.717) is 18.4 Å². The van der Waals surface area contributed by atoms with Crippen molar-refractivity contribution in [2.75, 3.05) is 6.54 Å². The monoisotopic (exact) mass is 578 g/mol. The maximum absolute atomic E-state index is 13.9. The Morgan fingerprint density at radius 3 is 2.32 bits per heavy atom. The van der Waals surface area contributed by atoms with E-state index in [1.807, 2.05) is 0 Å². The summed E-state index contributed by atoms with van der Waals surface area (Å²) in [6.45, 7) is 1.57. The summed E-state index contributed by atoms with van der Waals surface area (Å²) < 4.78 is 46.9. The summed E-state index contributed by atoms with van der Waals surface area (Å²) in [7, 11) is -4.12. The van der Waals surface area contributed by atoms with Crippen molar-refractivity contribution in [2.24, 2.45) is 5.73 Å². The van der Waals surface area contributed by atoms with Crippen molar-refractivity contribution in [1.82, 2.24) is 4.31 Å². The molecule has 1 heterocycles. The minimum Gasteiger partial charge on any atom is -0.425 e. The van der Waals surface area contributed by atoms with Crippen molar-refractivity contribution in [3.8, 4) is 5.75 Å². The number of hydrogen-bond acceptors (Lipinski definition) is 6. The van der Waals surface area contributed by atoms with Gasteiger partial charge >= 0.3 is 5.97 Å².